The molecule has 1 aromatic carbocycles. The zero-order chi connectivity index (χ0) is 15.3. The Morgan fingerprint density at radius 1 is 1.24 bits per heavy atom. The van der Waals surface area contributed by atoms with Crippen molar-refractivity contribution < 1.29 is 8.42 Å². The predicted octanol–water partition coefficient (Wildman–Crippen LogP) is 0.758. The first kappa shape index (κ1) is 15.2. The van der Waals surface area contributed by atoms with Crippen molar-refractivity contribution in [2.45, 2.75) is 11.8 Å². The third-order valence-electron chi connectivity index (χ3n) is 2.77. The molecule has 0 radical (unpaired) electrons. The maximum absolute atomic E-state index is 12.2. The second-order valence-corrected chi connectivity index (χ2v) is 6.18. The SMILES string of the molecule is Cc1cc(N)ccc1S(=O)(=O)NCCNc1cnccn1. The molecule has 0 atom stereocenters. The first-order chi connectivity index (χ1) is 9.99. The Morgan fingerprint density at radius 2 is 2.05 bits per heavy atom. The van der Waals surface area contributed by atoms with Crippen LogP contribution >= 0.6 is 0 Å². The minimum absolute atomic E-state index is 0.233. The van der Waals surface area contributed by atoms with E-state index >= 15 is 0 Å². The zero-order valence-corrected chi connectivity index (χ0v) is 12.4. The number of sulfonamides is 1. The molecule has 0 aliphatic rings. The van der Waals surface area contributed by atoms with Gasteiger partial charge in [0, 0.05) is 31.2 Å². The Kier molecular flexibility index (Phi) is 4.71. The Labute approximate surface area is 123 Å². The molecule has 0 unspecified atom stereocenters. The van der Waals surface area contributed by atoms with Crippen molar-refractivity contribution in [1.29, 1.82) is 0 Å². The maximum Gasteiger partial charge on any atom is 0.240 e. The Morgan fingerprint density at radius 3 is 2.71 bits per heavy atom. The van der Waals surface area contributed by atoms with Gasteiger partial charge >= 0.3 is 0 Å². The number of aryl methyl sites for hydroxylation is 1. The van der Waals surface area contributed by atoms with E-state index in [4.69, 9.17) is 5.73 Å². The molecule has 0 bridgehead atoms. The van der Waals surface area contributed by atoms with Gasteiger partial charge in [0.2, 0.25) is 10.0 Å². The third kappa shape index (κ3) is 4.14. The summed E-state index contributed by atoms with van der Waals surface area (Å²) in [5, 5.41) is 2.97. The molecule has 7 nitrogen and oxygen atoms in total. The second kappa shape index (κ2) is 6.51. The van der Waals surface area contributed by atoms with E-state index in [-0.39, 0.29) is 11.4 Å². The fourth-order valence-corrected chi connectivity index (χ4v) is 3.07. The van der Waals surface area contributed by atoms with E-state index in [1.54, 1.807) is 37.6 Å². The van der Waals surface area contributed by atoms with Crippen LogP contribution in [0.3, 0.4) is 0 Å². The van der Waals surface area contributed by atoms with E-state index in [0.717, 1.165) is 0 Å². The number of nitrogens with zero attached hydrogens (tertiary/aromatic N) is 2. The normalized spacial score (nSPS) is 11.3. The number of benzene rings is 1. The molecule has 21 heavy (non-hydrogen) atoms. The smallest absolute Gasteiger partial charge is 0.240 e. The molecule has 1 heterocycles. The summed E-state index contributed by atoms with van der Waals surface area (Å²) >= 11 is 0. The maximum atomic E-state index is 12.2. The lowest BCUT2D eigenvalue weighted by molar-refractivity contribution is 0.582. The fraction of sp³-hybridized carbons (Fsp3) is 0.231. The molecule has 0 aliphatic carbocycles. The van der Waals surface area contributed by atoms with Crippen molar-refractivity contribution in [1.82, 2.24) is 14.7 Å². The molecule has 4 N–H and O–H groups in total. The first-order valence-electron chi connectivity index (χ1n) is 6.35. The number of nitrogen functional groups attached to an aromatic ring is 1. The van der Waals surface area contributed by atoms with Crippen LogP contribution in [0.4, 0.5) is 11.5 Å². The van der Waals surface area contributed by atoms with E-state index in [9.17, 15) is 8.42 Å². The molecule has 0 saturated heterocycles. The Balaban J connectivity index is 1.92. The van der Waals surface area contributed by atoms with Crippen LogP contribution in [-0.2, 0) is 10.0 Å². The predicted molar refractivity (Wildman–Crippen MR) is 81.3 cm³/mol. The van der Waals surface area contributed by atoms with Crippen LogP contribution < -0.4 is 15.8 Å². The largest absolute Gasteiger partial charge is 0.399 e. The lowest BCUT2D eigenvalue weighted by Crippen LogP contribution is -2.29. The van der Waals surface area contributed by atoms with Gasteiger partial charge in [0.25, 0.3) is 0 Å². The van der Waals surface area contributed by atoms with Crippen LogP contribution in [0, 0.1) is 6.92 Å². The van der Waals surface area contributed by atoms with Gasteiger partial charge in [-0.15, -0.1) is 0 Å². The van der Waals surface area contributed by atoms with Crippen molar-refractivity contribution in [2.24, 2.45) is 0 Å². The Hall–Kier alpha value is -2.19. The molecule has 112 valence electrons. The van der Waals surface area contributed by atoms with Gasteiger partial charge in [0.15, 0.2) is 0 Å². The third-order valence-corrected chi connectivity index (χ3v) is 4.40. The molecule has 1 aromatic heterocycles. The van der Waals surface area contributed by atoms with E-state index < -0.39 is 10.0 Å². The van der Waals surface area contributed by atoms with Gasteiger partial charge in [-0.05, 0) is 30.7 Å². The molecule has 0 fully saturated rings. The summed E-state index contributed by atoms with van der Waals surface area (Å²) in [5.41, 5.74) is 6.77. The van der Waals surface area contributed by atoms with Crippen molar-refractivity contribution in [3.05, 3.63) is 42.4 Å². The van der Waals surface area contributed by atoms with E-state index in [1.165, 1.54) is 6.07 Å². The average molecular weight is 307 g/mol. The molecule has 0 spiro atoms. The molecule has 0 aliphatic heterocycles. The highest BCUT2D eigenvalue weighted by atomic mass is 32.2. The van der Waals surface area contributed by atoms with E-state index in [1.807, 2.05) is 0 Å². The van der Waals surface area contributed by atoms with Gasteiger partial charge < -0.3 is 11.1 Å². The lowest BCUT2D eigenvalue weighted by atomic mass is 10.2. The summed E-state index contributed by atoms with van der Waals surface area (Å²) in [6.45, 7) is 2.36. The fourth-order valence-electron chi connectivity index (χ4n) is 1.82. The van der Waals surface area contributed by atoms with Crippen LogP contribution in [0.25, 0.3) is 0 Å². The highest BCUT2D eigenvalue weighted by molar-refractivity contribution is 7.89. The number of nitrogens with one attached hydrogen (secondary N) is 2. The number of hydrogen-bond donors (Lipinski definition) is 3. The van der Waals surface area contributed by atoms with E-state index in [2.05, 4.69) is 20.0 Å². The molecule has 0 amide bonds. The van der Waals surface area contributed by atoms with Gasteiger partial charge in [-0.25, -0.2) is 18.1 Å². The number of aromatic nitrogens is 2. The summed E-state index contributed by atoms with van der Waals surface area (Å²) in [6, 6.07) is 4.70. The molecular weight excluding hydrogens is 290 g/mol. The monoisotopic (exact) mass is 307 g/mol. The second-order valence-electron chi connectivity index (χ2n) is 4.44. The summed E-state index contributed by atoms with van der Waals surface area (Å²) in [4.78, 5) is 8.17. The quantitative estimate of drug-likeness (QED) is 0.537. The summed E-state index contributed by atoms with van der Waals surface area (Å²) in [6.07, 6.45) is 4.70. The minimum Gasteiger partial charge on any atom is -0.399 e. The lowest BCUT2D eigenvalue weighted by Gasteiger charge is -2.10. The number of anilines is 2. The molecule has 0 saturated carbocycles. The summed E-state index contributed by atoms with van der Waals surface area (Å²) in [7, 11) is -3.54. The van der Waals surface area contributed by atoms with Gasteiger partial charge in [0.1, 0.15) is 5.82 Å². The average Bonchev–Trinajstić information content (AvgIpc) is 2.44. The minimum atomic E-state index is -3.54. The van der Waals surface area contributed by atoms with Crippen molar-refractivity contribution in [3.8, 4) is 0 Å². The van der Waals surface area contributed by atoms with Gasteiger partial charge in [-0.2, -0.15) is 0 Å². The summed E-state index contributed by atoms with van der Waals surface area (Å²) in [5.74, 6) is 0.598. The van der Waals surface area contributed by atoms with Crippen LogP contribution in [0.5, 0.6) is 0 Å². The summed E-state index contributed by atoms with van der Waals surface area (Å²) < 4.78 is 26.9. The van der Waals surface area contributed by atoms with Gasteiger partial charge in [-0.1, -0.05) is 0 Å². The standard InChI is InChI=1S/C13H17N5O2S/c1-10-8-11(14)2-3-12(10)21(19,20)18-7-6-17-13-9-15-4-5-16-13/h2-5,8-9,18H,6-7,14H2,1H3,(H,16,17). The van der Waals surface area contributed by atoms with Crippen molar-refractivity contribution >= 4 is 21.5 Å². The number of hydrogen-bond acceptors (Lipinski definition) is 6. The van der Waals surface area contributed by atoms with Crippen LogP contribution in [0.15, 0.2) is 41.7 Å². The van der Waals surface area contributed by atoms with Crippen LogP contribution in [0.2, 0.25) is 0 Å². The number of rotatable bonds is 6. The Bertz CT molecular complexity index is 704. The van der Waals surface area contributed by atoms with Crippen molar-refractivity contribution in [3.63, 3.8) is 0 Å². The van der Waals surface area contributed by atoms with Gasteiger partial charge in [-0.3, -0.25) is 4.98 Å². The molecule has 8 heteroatoms. The molecule has 2 aromatic rings. The molecular formula is C13H17N5O2S. The van der Waals surface area contributed by atoms with Crippen LogP contribution in [-0.4, -0.2) is 31.5 Å². The van der Waals surface area contributed by atoms with Crippen LogP contribution in [0.1, 0.15) is 5.56 Å². The van der Waals surface area contributed by atoms with Crippen molar-refractivity contribution in [2.75, 3.05) is 24.1 Å². The molecule has 2 rings (SSSR count). The number of nitrogens with two attached hydrogens (primary N) is 1. The first-order valence-corrected chi connectivity index (χ1v) is 7.83. The zero-order valence-electron chi connectivity index (χ0n) is 11.6. The topological polar surface area (TPSA) is 110 Å². The van der Waals surface area contributed by atoms with E-state index in [0.29, 0.717) is 23.6 Å². The highest BCUT2D eigenvalue weighted by Gasteiger charge is 2.15. The van der Waals surface area contributed by atoms with Gasteiger partial charge in [0.05, 0.1) is 11.1 Å². The highest BCUT2D eigenvalue weighted by Crippen LogP contribution is 2.17.